The number of unbranched alkanes of at least 4 members (excludes halogenated alkanes) is 1. The van der Waals surface area contributed by atoms with E-state index in [0.29, 0.717) is 53.7 Å². The summed E-state index contributed by atoms with van der Waals surface area (Å²) >= 11 is 1.53. The van der Waals surface area contributed by atoms with Gasteiger partial charge in [-0.2, -0.15) is 0 Å². The molecule has 2 amide bonds. The van der Waals surface area contributed by atoms with E-state index in [1.807, 2.05) is 60.7 Å². The van der Waals surface area contributed by atoms with Gasteiger partial charge in [0.2, 0.25) is 11.8 Å². The molecular formula is C34H37N5O5S. The SMILES string of the molecule is Nc1ccccc1NC(=O)CCCCC(=O)Nc1cccc(C2OC(CSc3ncccn3)CC(c3ccc(CO)cc3)O2)c1. The van der Waals surface area contributed by atoms with Gasteiger partial charge in [-0.3, -0.25) is 9.59 Å². The van der Waals surface area contributed by atoms with Crippen LogP contribution in [0.25, 0.3) is 0 Å². The van der Waals surface area contributed by atoms with Gasteiger partial charge in [0.15, 0.2) is 11.4 Å². The van der Waals surface area contributed by atoms with Crippen molar-refractivity contribution in [3.8, 4) is 0 Å². The van der Waals surface area contributed by atoms with E-state index in [1.165, 1.54) is 11.8 Å². The Labute approximate surface area is 266 Å². The number of benzene rings is 3. The van der Waals surface area contributed by atoms with Crippen molar-refractivity contribution in [3.05, 3.63) is 108 Å². The number of carbonyl (C=O) groups excluding carboxylic acids is 2. The second kappa shape index (κ2) is 16.1. The topological polar surface area (TPSA) is 149 Å². The lowest BCUT2D eigenvalue weighted by Crippen LogP contribution is -2.31. The first-order valence-electron chi connectivity index (χ1n) is 14.9. The van der Waals surface area contributed by atoms with Crippen molar-refractivity contribution in [1.29, 1.82) is 0 Å². The fourth-order valence-corrected chi connectivity index (χ4v) is 5.75. The van der Waals surface area contributed by atoms with Crippen molar-refractivity contribution in [2.45, 2.75) is 62.4 Å². The van der Waals surface area contributed by atoms with Crippen molar-refractivity contribution < 1.29 is 24.2 Å². The molecule has 2 heterocycles. The van der Waals surface area contributed by atoms with E-state index in [9.17, 15) is 14.7 Å². The molecule has 5 N–H and O–H groups in total. The molecule has 1 fully saturated rings. The third kappa shape index (κ3) is 9.60. The summed E-state index contributed by atoms with van der Waals surface area (Å²) in [6, 6.07) is 24.1. The molecule has 3 atom stereocenters. The largest absolute Gasteiger partial charge is 0.397 e. The second-order valence-corrected chi connectivity index (χ2v) is 11.7. The zero-order valence-corrected chi connectivity index (χ0v) is 25.6. The van der Waals surface area contributed by atoms with Gasteiger partial charge in [-0.05, 0) is 54.3 Å². The number of nitrogen functional groups attached to an aromatic ring is 1. The van der Waals surface area contributed by atoms with Crippen LogP contribution in [0.3, 0.4) is 0 Å². The Morgan fingerprint density at radius 3 is 2.33 bits per heavy atom. The van der Waals surface area contributed by atoms with Crippen LogP contribution in [0, 0.1) is 0 Å². The molecule has 234 valence electrons. The summed E-state index contributed by atoms with van der Waals surface area (Å²) in [6.45, 7) is -0.0223. The van der Waals surface area contributed by atoms with Crippen molar-refractivity contribution in [1.82, 2.24) is 9.97 Å². The second-order valence-electron chi connectivity index (χ2n) is 10.7. The van der Waals surface area contributed by atoms with Crippen molar-refractivity contribution in [2.24, 2.45) is 0 Å². The molecule has 0 aliphatic carbocycles. The molecule has 5 rings (SSSR count). The number of amides is 2. The maximum atomic E-state index is 12.7. The fourth-order valence-electron chi connectivity index (χ4n) is 4.93. The molecule has 0 saturated carbocycles. The van der Waals surface area contributed by atoms with Crippen LogP contribution in [0.5, 0.6) is 0 Å². The number of hydrogen-bond acceptors (Lipinski definition) is 9. The Morgan fingerprint density at radius 1 is 0.867 bits per heavy atom. The summed E-state index contributed by atoms with van der Waals surface area (Å²) in [5.74, 6) is 0.371. The van der Waals surface area contributed by atoms with Crippen molar-refractivity contribution in [2.75, 3.05) is 22.1 Å². The highest BCUT2D eigenvalue weighted by Crippen LogP contribution is 2.39. The van der Waals surface area contributed by atoms with Gasteiger partial charge in [-0.25, -0.2) is 9.97 Å². The summed E-state index contributed by atoms with van der Waals surface area (Å²) in [7, 11) is 0. The molecule has 45 heavy (non-hydrogen) atoms. The highest BCUT2D eigenvalue weighted by atomic mass is 32.2. The number of aromatic nitrogens is 2. The molecule has 1 aliphatic heterocycles. The number of carbonyl (C=O) groups is 2. The molecule has 0 spiro atoms. The summed E-state index contributed by atoms with van der Waals surface area (Å²) in [6.07, 6.45) is 4.77. The third-order valence-electron chi connectivity index (χ3n) is 7.29. The summed E-state index contributed by atoms with van der Waals surface area (Å²) < 4.78 is 12.8. The third-order valence-corrected chi connectivity index (χ3v) is 8.30. The van der Waals surface area contributed by atoms with E-state index in [-0.39, 0.29) is 37.0 Å². The molecule has 0 bridgehead atoms. The van der Waals surface area contributed by atoms with Crippen LogP contribution in [-0.4, -0.2) is 38.7 Å². The molecule has 3 unspecified atom stereocenters. The number of nitrogens with two attached hydrogens (primary N) is 1. The summed E-state index contributed by atoms with van der Waals surface area (Å²) in [4.78, 5) is 33.6. The minimum absolute atomic E-state index is 0.0223. The number of nitrogens with zero attached hydrogens (tertiary/aromatic N) is 2. The van der Waals surface area contributed by atoms with Gasteiger partial charge < -0.3 is 30.9 Å². The lowest BCUT2D eigenvalue weighted by atomic mass is 10.0. The predicted molar refractivity (Wildman–Crippen MR) is 174 cm³/mol. The number of para-hydroxylation sites is 2. The van der Waals surface area contributed by atoms with E-state index in [2.05, 4.69) is 20.6 Å². The lowest BCUT2D eigenvalue weighted by Gasteiger charge is -2.36. The zero-order chi connectivity index (χ0) is 31.4. The van der Waals surface area contributed by atoms with Crippen molar-refractivity contribution in [3.63, 3.8) is 0 Å². The van der Waals surface area contributed by atoms with Crippen LogP contribution in [0.4, 0.5) is 17.1 Å². The average molecular weight is 628 g/mol. The summed E-state index contributed by atoms with van der Waals surface area (Å²) in [5, 5.41) is 15.9. The Morgan fingerprint density at radius 2 is 1.60 bits per heavy atom. The monoisotopic (exact) mass is 627 g/mol. The first kappa shape index (κ1) is 32.1. The maximum absolute atomic E-state index is 12.7. The minimum atomic E-state index is -0.655. The quantitative estimate of drug-likeness (QED) is 0.0604. The number of anilines is 3. The Bertz CT molecular complexity index is 1560. The number of nitrogens with one attached hydrogen (secondary N) is 2. The highest BCUT2D eigenvalue weighted by Gasteiger charge is 2.32. The number of ether oxygens (including phenoxy) is 2. The van der Waals surface area contributed by atoms with E-state index >= 15 is 0 Å². The van der Waals surface area contributed by atoms with Gasteiger partial charge in [0.05, 0.1) is 30.2 Å². The Balaban J connectivity index is 1.17. The normalized spacial score (nSPS) is 17.8. The lowest BCUT2D eigenvalue weighted by molar-refractivity contribution is -0.245. The zero-order valence-electron chi connectivity index (χ0n) is 24.8. The molecule has 11 heteroatoms. The molecule has 10 nitrogen and oxygen atoms in total. The molecular weight excluding hydrogens is 590 g/mol. The average Bonchev–Trinajstić information content (AvgIpc) is 3.07. The highest BCUT2D eigenvalue weighted by molar-refractivity contribution is 7.99. The number of aliphatic hydroxyl groups is 1. The number of aliphatic hydroxyl groups excluding tert-OH is 1. The fraction of sp³-hybridized carbons (Fsp3) is 0.294. The molecule has 0 radical (unpaired) electrons. The van der Waals surface area contributed by atoms with E-state index < -0.39 is 6.29 Å². The number of hydrogen-bond donors (Lipinski definition) is 4. The molecule has 3 aromatic carbocycles. The van der Waals surface area contributed by atoms with Crippen LogP contribution in [0.1, 0.15) is 61.2 Å². The first-order valence-corrected chi connectivity index (χ1v) is 15.9. The minimum Gasteiger partial charge on any atom is -0.397 e. The van der Waals surface area contributed by atoms with Crippen molar-refractivity contribution >= 4 is 40.6 Å². The van der Waals surface area contributed by atoms with Gasteiger partial charge in [-0.1, -0.05) is 60.3 Å². The maximum Gasteiger partial charge on any atom is 0.224 e. The smallest absolute Gasteiger partial charge is 0.224 e. The number of rotatable bonds is 13. The number of thioether (sulfide) groups is 1. The van der Waals surface area contributed by atoms with Gasteiger partial charge in [-0.15, -0.1) is 0 Å². The van der Waals surface area contributed by atoms with Crippen LogP contribution < -0.4 is 16.4 Å². The summed E-state index contributed by atoms with van der Waals surface area (Å²) in [5.41, 5.74) is 10.2. The van der Waals surface area contributed by atoms with Crippen LogP contribution in [0.2, 0.25) is 0 Å². The standard InChI is InChI=1S/C34H37N5O5S/c35-28-9-1-2-10-29(28)39-32(42)12-4-3-11-31(41)38-26-8-5-7-25(19-26)33-43-27(22-45-34-36-17-6-18-37-34)20-30(44-33)24-15-13-23(21-40)14-16-24/h1-2,5-10,13-19,27,30,33,40H,3-4,11-12,20-22,35H2,(H,38,41)(H,39,42). The Hall–Kier alpha value is -4.29. The van der Waals surface area contributed by atoms with E-state index in [4.69, 9.17) is 15.2 Å². The molecule has 1 aliphatic rings. The Kier molecular flexibility index (Phi) is 11.5. The van der Waals surface area contributed by atoms with Gasteiger partial charge in [0, 0.05) is 48.7 Å². The predicted octanol–water partition coefficient (Wildman–Crippen LogP) is 6.03. The van der Waals surface area contributed by atoms with E-state index in [0.717, 1.165) is 16.7 Å². The van der Waals surface area contributed by atoms with Gasteiger partial charge >= 0.3 is 0 Å². The van der Waals surface area contributed by atoms with Gasteiger partial charge in [0.25, 0.3) is 0 Å². The van der Waals surface area contributed by atoms with Crippen LogP contribution in [0.15, 0.2) is 96.4 Å². The first-order chi connectivity index (χ1) is 22.0. The van der Waals surface area contributed by atoms with Crippen LogP contribution in [-0.2, 0) is 25.7 Å². The van der Waals surface area contributed by atoms with E-state index in [1.54, 1.807) is 30.6 Å². The molecule has 1 aromatic heterocycles. The molecule has 4 aromatic rings. The molecule has 1 saturated heterocycles. The van der Waals surface area contributed by atoms with Gasteiger partial charge in [0.1, 0.15) is 0 Å². The van der Waals surface area contributed by atoms with Crippen LogP contribution >= 0.6 is 11.8 Å².